The van der Waals surface area contributed by atoms with Gasteiger partial charge in [0.15, 0.2) is 0 Å². The Morgan fingerprint density at radius 2 is 2.00 bits per heavy atom. The van der Waals surface area contributed by atoms with E-state index in [1.54, 1.807) is 0 Å². The fourth-order valence-corrected chi connectivity index (χ4v) is 1.65. The molecule has 0 saturated heterocycles. The lowest BCUT2D eigenvalue weighted by Gasteiger charge is -2.13. The van der Waals surface area contributed by atoms with Crippen LogP contribution < -0.4 is 4.74 Å². The Bertz CT molecular complexity index is 358. The molecule has 3 nitrogen and oxygen atoms in total. The number of benzene rings is 1. The monoisotopic (exact) mass is 236 g/mol. The van der Waals surface area contributed by atoms with Crippen LogP contribution in [-0.2, 0) is 4.79 Å². The maximum atomic E-state index is 10.3. The standard InChI is InChI=1S/C14H20O3/c1-11(2)12-7-3-4-8-13(12)17-10-6-5-9-14(15)16/h3-4,7-8,11H,5-6,9-10H2,1-2H3,(H,15,16). The second kappa shape index (κ2) is 6.94. The molecule has 0 atom stereocenters. The number of aliphatic carboxylic acids is 1. The molecule has 0 aliphatic heterocycles. The van der Waals surface area contributed by atoms with E-state index in [0.29, 0.717) is 18.9 Å². The first-order valence-corrected chi connectivity index (χ1v) is 6.04. The minimum Gasteiger partial charge on any atom is -0.493 e. The lowest BCUT2D eigenvalue weighted by Crippen LogP contribution is -2.02. The van der Waals surface area contributed by atoms with Crippen molar-refractivity contribution in [2.75, 3.05) is 6.61 Å². The first kappa shape index (κ1) is 13.6. The Kier molecular flexibility index (Phi) is 5.53. The van der Waals surface area contributed by atoms with E-state index in [1.165, 1.54) is 5.56 Å². The summed E-state index contributed by atoms with van der Waals surface area (Å²) in [4.78, 5) is 10.3. The number of para-hydroxylation sites is 1. The zero-order valence-electron chi connectivity index (χ0n) is 10.5. The molecule has 0 heterocycles. The van der Waals surface area contributed by atoms with E-state index in [4.69, 9.17) is 9.84 Å². The van der Waals surface area contributed by atoms with Gasteiger partial charge in [0, 0.05) is 6.42 Å². The summed E-state index contributed by atoms with van der Waals surface area (Å²) >= 11 is 0. The quantitative estimate of drug-likeness (QED) is 0.738. The van der Waals surface area contributed by atoms with Crippen LogP contribution >= 0.6 is 0 Å². The van der Waals surface area contributed by atoms with Crippen molar-refractivity contribution in [2.24, 2.45) is 0 Å². The average Bonchev–Trinajstić information content (AvgIpc) is 2.28. The van der Waals surface area contributed by atoms with E-state index in [-0.39, 0.29) is 6.42 Å². The fourth-order valence-electron chi connectivity index (χ4n) is 1.65. The Hall–Kier alpha value is -1.51. The van der Waals surface area contributed by atoms with Gasteiger partial charge in [-0.1, -0.05) is 32.0 Å². The van der Waals surface area contributed by atoms with Crippen LogP contribution in [0.25, 0.3) is 0 Å². The number of carboxylic acid groups (broad SMARTS) is 1. The summed E-state index contributed by atoms with van der Waals surface area (Å²) in [7, 11) is 0. The van der Waals surface area contributed by atoms with Gasteiger partial charge in [-0.3, -0.25) is 4.79 Å². The minimum absolute atomic E-state index is 0.217. The molecule has 1 aromatic carbocycles. The summed E-state index contributed by atoms with van der Waals surface area (Å²) in [6.45, 7) is 4.84. The van der Waals surface area contributed by atoms with Gasteiger partial charge in [-0.25, -0.2) is 0 Å². The van der Waals surface area contributed by atoms with Crippen LogP contribution in [0.15, 0.2) is 24.3 Å². The van der Waals surface area contributed by atoms with E-state index >= 15 is 0 Å². The van der Waals surface area contributed by atoms with Crippen LogP contribution in [0, 0.1) is 0 Å². The molecule has 0 aromatic heterocycles. The van der Waals surface area contributed by atoms with Gasteiger partial charge in [0.2, 0.25) is 0 Å². The molecular formula is C14H20O3. The highest BCUT2D eigenvalue weighted by molar-refractivity contribution is 5.66. The summed E-state index contributed by atoms with van der Waals surface area (Å²) in [6, 6.07) is 7.99. The molecule has 0 radical (unpaired) electrons. The summed E-state index contributed by atoms with van der Waals surface area (Å²) in [5, 5.41) is 8.51. The molecule has 1 rings (SSSR count). The third-order valence-corrected chi connectivity index (χ3v) is 2.58. The van der Waals surface area contributed by atoms with Gasteiger partial charge in [-0.05, 0) is 30.4 Å². The third-order valence-electron chi connectivity index (χ3n) is 2.58. The summed E-state index contributed by atoms with van der Waals surface area (Å²) in [5.41, 5.74) is 1.20. The van der Waals surface area contributed by atoms with E-state index in [9.17, 15) is 4.79 Å². The van der Waals surface area contributed by atoms with Crippen LogP contribution in [0.5, 0.6) is 5.75 Å². The second-order valence-corrected chi connectivity index (χ2v) is 4.39. The molecule has 94 valence electrons. The molecule has 0 unspecified atom stereocenters. The molecule has 0 aliphatic rings. The number of ether oxygens (including phenoxy) is 1. The Morgan fingerprint density at radius 3 is 2.65 bits per heavy atom. The molecule has 0 amide bonds. The van der Waals surface area contributed by atoms with Crippen molar-refractivity contribution in [1.29, 1.82) is 0 Å². The Morgan fingerprint density at radius 1 is 1.29 bits per heavy atom. The van der Waals surface area contributed by atoms with E-state index in [2.05, 4.69) is 19.9 Å². The van der Waals surface area contributed by atoms with Crippen molar-refractivity contribution in [1.82, 2.24) is 0 Å². The van der Waals surface area contributed by atoms with Crippen LogP contribution in [0.3, 0.4) is 0 Å². The topological polar surface area (TPSA) is 46.5 Å². The molecule has 1 N–H and O–H groups in total. The molecule has 17 heavy (non-hydrogen) atoms. The molecule has 0 aliphatic carbocycles. The van der Waals surface area contributed by atoms with Crippen molar-refractivity contribution < 1.29 is 14.6 Å². The summed E-state index contributed by atoms with van der Waals surface area (Å²) < 4.78 is 5.69. The molecule has 0 spiro atoms. The number of hydrogen-bond donors (Lipinski definition) is 1. The van der Waals surface area contributed by atoms with Gasteiger partial charge in [-0.2, -0.15) is 0 Å². The lowest BCUT2D eigenvalue weighted by molar-refractivity contribution is -0.137. The summed E-state index contributed by atoms with van der Waals surface area (Å²) in [6.07, 6.45) is 1.66. The second-order valence-electron chi connectivity index (χ2n) is 4.39. The van der Waals surface area contributed by atoms with Crippen LogP contribution in [0.1, 0.15) is 44.6 Å². The van der Waals surface area contributed by atoms with Gasteiger partial charge >= 0.3 is 5.97 Å². The predicted molar refractivity (Wildman–Crippen MR) is 67.5 cm³/mol. The van der Waals surface area contributed by atoms with E-state index in [1.807, 2.05) is 18.2 Å². The zero-order valence-corrected chi connectivity index (χ0v) is 10.5. The van der Waals surface area contributed by atoms with Crippen LogP contribution in [-0.4, -0.2) is 17.7 Å². The minimum atomic E-state index is -0.743. The number of carbonyl (C=O) groups is 1. The first-order valence-electron chi connectivity index (χ1n) is 6.04. The SMILES string of the molecule is CC(C)c1ccccc1OCCCCC(=O)O. The Labute approximate surface area is 102 Å². The first-order chi connectivity index (χ1) is 8.11. The predicted octanol–water partition coefficient (Wildman–Crippen LogP) is 3.44. The van der Waals surface area contributed by atoms with Gasteiger partial charge < -0.3 is 9.84 Å². The zero-order chi connectivity index (χ0) is 12.7. The van der Waals surface area contributed by atoms with Crippen molar-refractivity contribution in [3.8, 4) is 5.75 Å². The molecule has 3 heteroatoms. The Balaban J connectivity index is 2.38. The van der Waals surface area contributed by atoms with E-state index < -0.39 is 5.97 Å². The van der Waals surface area contributed by atoms with Gasteiger partial charge in [0.1, 0.15) is 5.75 Å². The molecule has 0 bridgehead atoms. The lowest BCUT2D eigenvalue weighted by atomic mass is 10.0. The normalized spacial score (nSPS) is 10.5. The molecule has 0 saturated carbocycles. The molecular weight excluding hydrogens is 216 g/mol. The van der Waals surface area contributed by atoms with Gasteiger partial charge in [-0.15, -0.1) is 0 Å². The average molecular weight is 236 g/mol. The van der Waals surface area contributed by atoms with Crippen molar-refractivity contribution in [3.63, 3.8) is 0 Å². The largest absolute Gasteiger partial charge is 0.493 e. The maximum absolute atomic E-state index is 10.3. The van der Waals surface area contributed by atoms with Gasteiger partial charge in [0.25, 0.3) is 0 Å². The fraction of sp³-hybridized carbons (Fsp3) is 0.500. The number of rotatable bonds is 7. The maximum Gasteiger partial charge on any atom is 0.303 e. The molecule has 0 fully saturated rings. The molecule has 1 aromatic rings. The highest BCUT2D eigenvalue weighted by atomic mass is 16.5. The number of carboxylic acids is 1. The van der Waals surface area contributed by atoms with Crippen molar-refractivity contribution >= 4 is 5.97 Å². The van der Waals surface area contributed by atoms with Crippen LogP contribution in [0.4, 0.5) is 0 Å². The van der Waals surface area contributed by atoms with Crippen molar-refractivity contribution in [3.05, 3.63) is 29.8 Å². The highest BCUT2D eigenvalue weighted by Crippen LogP contribution is 2.25. The summed E-state index contributed by atoms with van der Waals surface area (Å²) in [5.74, 6) is 0.607. The highest BCUT2D eigenvalue weighted by Gasteiger charge is 2.06. The van der Waals surface area contributed by atoms with Gasteiger partial charge in [0.05, 0.1) is 6.61 Å². The number of hydrogen-bond acceptors (Lipinski definition) is 2. The van der Waals surface area contributed by atoms with Crippen molar-refractivity contribution in [2.45, 2.75) is 39.0 Å². The smallest absolute Gasteiger partial charge is 0.303 e. The van der Waals surface area contributed by atoms with Crippen LogP contribution in [0.2, 0.25) is 0 Å². The van der Waals surface area contributed by atoms with E-state index in [0.717, 1.165) is 12.2 Å². The number of unbranched alkanes of at least 4 members (excludes halogenated alkanes) is 1. The third kappa shape index (κ3) is 4.89.